The third-order valence-electron chi connectivity index (χ3n) is 3.81. The van der Waals surface area contributed by atoms with Gasteiger partial charge in [-0.1, -0.05) is 0 Å². The number of hydrogen-bond donors (Lipinski definition) is 0. The molecule has 0 saturated carbocycles. The van der Waals surface area contributed by atoms with Crippen LogP contribution in [0.15, 0.2) is 0 Å². The number of nitrogens with zero attached hydrogens (tertiary/aromatic N) is 3. The standard InChI is InChI=1S/C19H38N3O2P/c1-14(2)21(15(3)4)25(22(16(5)6)17(7)8)13-18(23)24-19(9,10)11-12-20/h14-17H,11,13H2,1-10H3. The van der Waals surface area contributed by atoms with Crippen LogP contribution in [0.4, 0.5) is 0 Å². The average molecular weight is 372 g/mol. The number of nitriles is 1. The maximum absolute atomic E-state index is 12.7. The van der Waals surface area contributed by atoms with Gasteiger partial charge in [-0.2, -0.15) is 5.26 Å². The van der Waals surface area contributed by atoms with Crippen LogP contribution in [-0.4, -0.2) is 51.2 Å². The lowest BCUT2D eigenvalue weighted by Crippen LogP contribution is -2.45. The maximum Gasteiger partial charge on any atom is 0.313 e. The van der Waals surface area contributed by atoms with Gasteiger partial charge in [0.05, 0.1) is 26.9 Å². The maximum atomic E-state index is 12.7. The van der Waals surface area contributed by atoms with Crippen molar-refractivity contribution in [2.24, 2.45) is 0 Å². The summed E-state index contributed by atoms with van der Waals surface area (Å²) in [5.74, 6) is -0.219. The van der Waals surface area contributed by atoms with E-state index in [2.05, 4.69) is 70.8 Å². The van der Waals surface area contributed by atoms with Gasteiger partial charge in [0.1, 0.15) is 5.60 Å². The summed E-state index contributed by atoms with van der Waals surface area (Å²) in [6.45, 7) is 21.0. The van der Waals surface area contributed by atoms with E-state index in [0.717, 1.165) is 0 Å². The van der Waals surface area contributed by atoms with Crippen LogP contribution < -0.4 is 0 Å². The Bertz CT molecular complexity index is 420. The minimum absolute atomic E-state index is 0.201. The first-order valence-corrected chi connectivity index (χ1v) is 10.7. The summed E-state index contributed by atoms with van der Waals surface area (Å²) in [6.07, 6.45) is 0.559. The van der Waals surface area contributed by atoms with Crippen molar-refractivity contribution in [1.29, 1.82) is 5.26 Å². The molecule has 5 nitrogen and oxygen atoms in total. The summed E-state index contributed by atoms with van der Waals surface area (Å²) >= 11 is 0. The summed E-state index contributed by atoms with van der Waals surface area (Å²) < 4.78 is 10.5. The molecule has 0 aromatic carbocycles. The Kier molecular flexibility index (Phi) is 10.2. The number of esters is 1. The van der Waals surface area contributed by atoms with E-state index in [4.69, 9.17) is 10.00 Å². The van der Waals surface area contributed by atoms with Gasteiger partial charge in [0, 0.05) is 24.2 Å². The first-order valence-electron chi connectivity index (χ1n) is 9.26. The van der Waals surface area contributed by atoms with E-state index in [1.807, 2.05) is 0 Å². The molecule has 0 atom stereocenters. The summed E-state index contributed by atoms with van der Waals surface area (Å²) in [5, 5.41) is 8.91. The van der Waals surface area contributed by atoms with Crippen molar-refractivity contribution in [3.8, 4) is 6.07 Å². The Morgan fingerprint density at radius 3 is 1.60 bits per heavy atom. The summed E-state index contributed by atoms with van der Waals surface area (Å²) in [5.41, 5.74) is -0.742. The monoisotopic (exact) mass is 371 g/mol. The zero-order chi connectivity index (χ0) is 19.9. The fraction of sp³-hybridized carbons (Fsp3) is 0.895. The van der Waals surface area contributed by atoms with E-state index < -0.39 is 13.8 Å². The highest BCUT2D eigenvalue weighted by atomic mass is 31.1. The van der Waals surface area contributed by atoms with Crippen LogP contribution in [0.3, 0.4) is 0 Å². The second-order valence-electron chi connectivity index (χ2n) is 8.23. The minimum atomic E-state index is -0.838. The molecule has 0 heterocycles. The second kappa shape index (κ2) is 10.5. The Balaban J connectivity index is 5.60. The fourth-order valence-corrected chi connectivity index (χ4v) is 6.22. The minimum Gasteiger partial charge on any atom is -0.458 e. The van der Waals surface area contributed by atoms with Gasteiger partial charge in [0.25, 0.3) is 0 Å². The van der Waals surface area contributed by atoms with E-state index in [9.17, 15) is 4.79 Å². The molecule has 0 fully saturated rings. The predicted octanol–water partition coefficient (Wildman–Crippen LogP) is 4.77. The van der Waals surface area contributed by atoms with Crippen LogP contribution in [0, 0.1) is 11.3 Å². The van der Waals surface area contributed by atoms with Gasteiger partial charge >= 0.3 is 5.97 Å². The number of carbonyl (C=O) groups excluding carboxylic acids is 1. The molecule has 0 unspecified atom stereocenters. The molecule has 146 valence electrons. The lowest BCUT2D eigenvalue weighted by molar-refractivity contribution is -0.152. The van der Waals surface area contributed by atoms with Crippen LogP contribution in [0.5, 0.6) is 0 Å². The molecule has 0 radical (unpaired) electrons. The van der Waals surface area contributed by atoms with Crippen LogP contribution in [-0.2, 0) is 9.53 Å². The molecule has 0 aliphatic rings. The van der Waals surface area contributed by atoms with Gasteiger partial charge in [-0.05, 0) is 69.2 Å². The Labute approximate surface area is 156 Å². The number of ether oxygens (including phenoxy) is 1. The molecule has 0 saturated heterocycles. The smallest absolute Gasteiger partial charge is 0.313 e. The molecular weight excluding hydrogens is 333 g/mol. The van der Waals surface area contributed by atoms with Crippen LogP contribution >= 0.6 is 8.22 Å². The molecule has 0 spiro atoms. The number of hydrogen-bond acceptors (Lipinski definition) is 5. The van der Waals surface area contributed by atoms with Crippen molar-refractivity contribution in [3.63, 3.8) is 0 Å². The predicted molar refractivity (Wildman–Crippen MR) is 106 cm³/mol. The molecule has 6 heteroatoms. The largest absolute Gasteiger partial charge is 0.458 e. The van der Waals surface area contributed by atoms with Gasteiger partial charge in [0.15, 0.2) is 0 Å². The number of rotatable bonds is 10. The van der Waals surface area contributed by atoms with Gasteiger partial charge < -0.3 is 4.74 Å². The van der Waals surface area contributed by atoms with Gasteiger partial charge in [-0.25, -0.2) is 0 Å². The van der Waals surface area contributed by atoms with Gasteiger partial charge in [-0.15, -0.1) is 0 Å². The van der Waals surface area contributed by atoms with Gasteiger partial charge in [0.2, 0.25) is 0 Å². The van der Waals surface area contributed by atoms with Crippen LogP contribution in [0.1, 0.15) is 75.7 Å². The highest BCUT2D eigenvalue weighted by molar-refractivity contribution is 7.53. The SMILES string of the molecule is CC(C)N(C(C)C)P(CC(=O)OC(C)(C)CC#N)N(C(C)C)C(C)C. The fourth-order valence-electron chi connectivity index (χ4n) is 3.22. The zero-order valence-corrected chi connectivity index (χ0v) is 18.7. The Hall–Kier alpha value is -0.690. The molecule has 0 aromatic heterocycles. The molecule has 0 N–H and O–H groups in total. The molecule has 0 amide bonds. The molecule has 0 bridgehead atoms. The topological polar surface area (TPSA) is 56.6 Å². The first-order chi connectivity index (χ1) is 11.3. The summed E-state index contributed by atoms with van der Waals surface area (Å²) in [7, 11) is -0.838. The summed E-state index contributed by atoms with van der Waals surface area (Å²) in [6, 6.07) is 3.45. The molecule has 25 heavy (non-hydrogen) atoms. The van der Waals surface area contributed by atoms with Crippen molar-refractivity contribution < 1.29 is 9.53 Å². The molecule has 0 rings (SSSR count). The molecular formula is C19H38N3O2P. The van der Waals surface area contributed by atoms with E-state index in [0.29, 0.717) is 30.3 Å². The van der Waals surface area contributed by atoms with Crippen molar-refractivity contribution >= 4 is 14.2 Å². The summed E-state index contributed by atoms with van der Waals surface area (Å²) in [4.78, 5) is 12.7. The van der Waals surface area contributed by atoms with Gasteiger partial charge in [-0.3, -0.25) is 14.1 Å². The third-order valence-corrected chi connectivity index (χ3v) is 7.27. The van der Waals surface area contributed by atoms with Crippen molar-refractivity contribution in [1.82, 2.24) is 9.34 Å². The molecule has 0 aliphatic heterocycles. The van der Waals surface area contributed by atoms with Crippen LogP contribution in [0.25, 0.3) is 0 Å². The molecule has 0 aliphatic carbocycles. The van der Waals surface area contributed by atoms with Crippen LogP contribution in [0.2, 0.25) is 0 Å². The van der Waals surface area contributed by atoms with E-state index in [1.165, 1.54) is 0 Å². The zero-order valence-electron chi connectivity index (χ0n) is 17.8. The Morgan fingerprint density at radius 1 is 0.960 bits per heavy atom. The average Bonchev–Trinajstić information content (AvgIpc) is 2.34. The first kappa shape index (κ1) is 24.3. The van der Waals surface area contributed by atoms with Crippen molar-refractivity contribution in [2.75, 3.05) is 6.16 Å². The van der Waals surface area contributed by atoms with E-state index >= 15 is 0 Å². The second-order valence-corrected chi connectivity index (χ2v) is 10.2. The molecule has 0 aromatic rings. The van der Waals surface area contributed by atoms with E-state index in [-0.39, 0.29) is 12.4 Å². The lowest BCUT2D eigenvalue weighted by atomic mass is 10.1. The quantitative estimate of drug-likeness (QED) is 0.409. The third kappa shape index (κ3) is 8.03. The van der Waals surface area contributed by atoms with E-state index in [1.54, 1.807) is 13.8 Å². The van der Waals surface area contributed by atoms with Crippen molar-refractivity contribution in [3.05, 3.63) is 0 Å². The Morgan fingerprint density at radius 2 is 1.32 bits per heavy atom. The highest BCUT2D eigenvalue weighted by Gasteiger charge is 2.35. The number of carbonyl (C=O) groups is 1. The highest BCUT2D eigenvalue weighted by Crippen LogP contribution is 2.49. The lowest BCUT2D eigenvalue weighted by Gasteiger charge is -2.47. The van der Waals surface area contributed by atoms with Crippen molar-refractivity contribution in [2.45, 2.75) is 105 Å². The normalized spacial score (nSPS) is 13.0.